The summed E-state index contributed by atoms with van der Waals surface area (Å²) in [5, 5.41) is 9.17. The number of carbonyl (C=O) groups excluding carboxylic acids is 1. The van der Waals surface area contributed by atoms with Gasteiger partial charge in [0.05, 0.1) is 32.4 Å². The summed E-state index contributed by atoms with van der Waals surface area (Å²) in [6, 6.07) is 6.24. The van der Waals surface area contributed by atoms with Gasteiger partial charge in [-0.25, -0.2) is 9.78 Å². The molecule has 120 valence electrons. The minimum atomic E-state index is -0.971. The fourth-order valence-corrected chi connectivity index (χ4v) is 2.34. The summed E-state index contributed by atoms with van der Waals surface area (Å²) >= 11 is 5.94. The van der Waals surface area contributed by atoms with Gasteiger partial charge >= 0.3 is 11.9 Å². The van der Waals surface area contributed by atoms with E-state index >= 15 is 0 Å². The topological polar surface area (TPSA) is 85.7 Å². The van der Waals surface area contributed by atoms with E-state index < -0.39 is 11.9 Å². The van der Waals surface area contributed by atoms with Crippen molar-refractivity contribution in [1.82, 2.24) is 4.98 Å². The van der Waals surface area contributed by atoms with Gasteiger partial charge in [0.15, 0.2) is 0 Å². The van der Waals surface area contributed by atoms with Crippen LogP contribution in [0.1, 0.15) is 15.9 Å². The second kappa shape index (κ2) is 7.11. The number of aromatic nitrogens is 1. The summed E-state index contributed by atoms with van der Waals surface area (Å²) in [4.78, 5) is 26.9. The van der Waals surface area contributed by atoms with Crippen LogP contribution in [0.3, 0.4) is 0 Å². The Morgan fingerprint density at radius 1 is 1.22 bits per heavy atom. The molecule has 0 atom stereocenters. The van der Waals surface area contributed by atoms with Crippen LogP contribution in [0.4, 0.5) is 0 Å². The summed E-state index contributed by atoms with van der Waals surface area (Å²) in [5.74, 6) is -1.11. The van der Waals surface area contributed by atoms with Gasteiger partial charge in [-0.1, -0.05) is 17.7 Å². The van der Waals surface area contributed by atoms with Gasteiger partial charge < -0.3 is 14.6 Å². The molecule has 0 bridgehead atoms. The van der Waals surface area contributed by atoms with Crippen LogP contribution in [0, 0.1) is 0 Å². The molecule has 0 saturated heterocycles. The van der Waals surface area contributed by atoms with Gasteiger partial charge in [0.1, 0.15) is 10.9 Å². The number of methoxy groups -OCH3 is 2. The van der Waals surface area contributed by atoms with E-state index in [1.165, 1.54) is 26.5 Å². The number of carbonyl (C=O) groups is 2. The average molecular weight is 336 g/mol. The van der Waals surface area contributed by atoms with Gasteiger partial charge in [-0.3, -0.25) is 4.79 Å². The number of ether oxygens (including phenoxy) is 2. The Morgan fingerprint density at radius 3 is 2.57 bits per heavy atom. The third kappa shape index (κ3) is 3.78. The smallest absolute Gasteiger partial charge is 0.338 e. The number of halogens is 1. The fraction of sp³-hybridized carbons (Fsp3) is 0.188. The molecule has 1 N–H and O–H groups in total. The predicted octanol–water partition coefficient (Wildman–Crippen LogP) is 2.82. The maximum atomic E-state index is 12.0. The molecule has 7 heteroatoms. The van der Waals surface area contributed by atoms with Crippen LogP contribution < -0.4 is 4.74 Å². The lowest BCUT2D eigenvalue weighted by atomic mass is 9.96. The number of hydrogen-bond donors (Lipinski definition) is 1. The van der Waals surface area contributed by atoms with E-state index in [4.69, 9.17) is 26.2 Å². The van der Waals surface area contributed by atoms with Crippen molar-refractivity contribution in [2.45, 2.75) is 6.42 Å². The third-order valence-electron chi connectivity index (χ3n) is 3.19. The van der Waals surface area contributed by atoms with E-state index in [0.717, 1.165) is 0 Å². The van der Waals surface area contributed by atoms with Crippen molar-refractivity contribution in [3.05, 3.63) is 46.7 Å². The SMILES string of the molecule is COC(=O)c1ccc(CC(=O)O)cc1-c1cc(Cl)ncc1OC. The van der Waals surface area contributed by atoms with Gasteiger partial charge in [-0.15, -0.1) is 0 Å². The molecule has 0 saturated carbocycles. The van der Waals surface area contributed by atoms with Gasteiger partial charge in [-0.2, -0.15) is 0 Å². The van der Waals surface area contributed by atoms with E-state index in [-0.39, 0.29) is 17.1 Å². The van der Waals surface area contributed by atoms with Crippen LogP contribution in [0.2, 0.25) is 5.15 Å². The zero-order valence-corrected chi connectivity index (χ0v) is 13.3. The molecular formula is C16H14ClNO5. The Bertz CT molecular complexity index is 760. The minimum absolute atomic E-state index is 0.171. The second-order valence-electron chi connectivity index (χ2n) is 4.65. The fourth-order valence-electron chi connectivity index (χ4n) is 2.18. The summed E-state index contributed by atoms with van der Waals surface area (Å²) in [7, 11) is 2.74. The zero-order valence-electron chi connectivity index (χ0n) is 12.5. The predicted molar refractivity (Wildman–Crippen MR) is 83.9 cm³/mol. The first-order chi connectivity index (χ1) is 11.0. The average Bonchev–Trinajstić information content (AvgIpc) is 2.53. The molecule has 0 radical (unpaired) electrons. The number of carboxylic acids is 1. The number of rotatable bonds is 5. The molecule has 2 aromatic rings. The Labute approximate surface area is 137 Å². The van der Waals surface area contributed by atoms with E-state index in [1.807, 2.05) is 0 Å². The van der Waals surface area contributed by atoms with Crippen LogP contribution >= 0.6 is 11.6 Å². The van der Waals surface area contributed by atoms with Gasteiger partial charge in [0.25, 0.3) is 0 Å². The van der Waals surface area contributed by atoms with Crippen molar-refractivity contribution in [2.24, 2.45) is 0 Å². The van der Waals surface area contributed by atoms with E-state index in [1.54, 1.807) is 18.2 Å². The molecule has 0 aliphatic carbocycles. The standard InChI is InChI=1S/C16H14ClNO5/c1-22-13-8-18-14(17)7-12(13)11-5-9(6-15(19)20)3-4-10(11)16(21)23-2/h3-5,7-8H,6H2,1-2H3,(H,19,20). The molecular weight excluding hydrogens is 322 g/mol. The molecule has 1 aromatic carbocycles. The minimum Gasteiger partial charge on any atom is -0.494 e. The molecule has 0 aliphatic rings. The largest absolute Gasteiger partial charge is 0.494 e. The summed E-state index contributed by atoms with van der Waals surface area (Å²) < 4.78 is 10.0. The van der Waals surface area contributed by atoms with Crippen molar-refractivity contribution in [2.75, 3.05) is 14.2 Å². The molecule has 23 heavy (non-hydrogen) atoms. The molecule has 1 aromatic heterocycles. The van der Waals surface area contributed by atoms with Crippen molar-refractivity contribution in [1.29, 1.82) is 0 Å². The van der Waals surface area contributed by atoms with Gasteiger partial charge in [-0.05, 0) is 23.8 Å². The lowest BCUT2D eigenvalue weighted by molar-refractivity contribution is -0.136. The van der Waals surface area contributed by atoms with Crippen LogP contribution in [0.15, 0.2) is 30.5 Å². The zero-order chi connectivity index (χ0) is 17.0. The van der Waals surface area contributed by atoms with E-state index in [9.17, 15) is 9.59 Å². The lowest BCUT2D eigenvalue weighted by Gasteiger charge is -2.13. The highest BCUT2D eigenvalue weighted by Crippen LogP contribution is 2.34. The molecule has 0 fully saturated rings. The molecule has 0 spiro atoms. The number of esters is 1. The van der Waals surface area contributed by atoms with Gasteiger partial charge in [0.2, 0.25) is 0 Å². The number of hydrogen-bond acceptors (Lipinski definition) is 5. The quantitative estimate of drug-likeness (QED) is 0.668. The third-order valence-corrected chi connectivity index (χ3v) is 3.40. The number of aliphatic carboxylic acids is 1. The number of carboxylic acid groups (broad SMARTS) is 1. The second-order valence-corrected chi connectivity index (χ2v) is 5.04. The van der Waals surface area contributed by atoms with Gasteiger partial charge in [0, 0.05) is 11.1 Å². The molecule has 1 heterocycles. The van der Waals surface area contributed by atoms with E-state index in [0.29, 0.717) is 22.4 Å². The Morgan fingerprint density at radius 2 is 1.96 bits per heavy atom. The van der Waals surface area contributed by atoms with Crippen LogP contribution in [-0.4, -0.2) is 36.2 Å². The summed E-state index contributed by atoms with van der Waals surface area (Å²) in [6.07, 6.45) is 1.26. The normalized spacial score (nSPS) is 10.2. The van der Waals surface area contributed by atoms with Crippen LogP contribution in [0.5, 0.6) is 5.75 Å². The summed E-state index contributed by atoms with van der Waals surface area (Å²) in [6.45, 7) is 0. The maximum absolute atomic E-state index is 12.0. The van der Waals surface area contributed by atoms with Crippen LogP contribution in [-0.2, 0) is 16.0 Å². The molecule has 6 nitrogen and oxygen atoms in total. The molecule has 0 unspecified atom stereocenters. The Balaban J connectivity index is 2.68. The Hall–Kier alpha value is -2.60. The number of pyridine rings is 1. The highest BCUT2D eigenvalue weighted by Gasteiger charge is 2.18. The first-order valence-corrected chi connectivity index (χ1v) is 6.97. The number of nitrogens with zero attached hydrogens (tertiary/aromatic N) is 1. The monoisotopic (exact) mass is 335 g/mol. The van der Waals surface area contributed by atoms with Crippen molar-refractivity contribution in [3.8, 4) is 16.9 Å². The van der Waals surface area contributed by atoms with Crippen LogP contribution in [0.25, 0.3) is 11.1 Å². The highest BCUT2D eigenvalue weighted by atomic mass is 35.5. The molecule has 0 aliphatic heterocycles. The number of benzene rings is 1. The maximum Gasteiger partial charge on any atom is 0.338 e. The lowest BCUT2D eigenvalue weighted by Crippen LogP contribution is -2.06. The van der Waals surface area contributed by atoms with E-state index in [2.05, 4.69) is 4.98 Å². The van der Waals surface area contributed by atoms with Crippen molar-refractivity contribution in [3.63, 3.8) is 0 Å². The first kappa shape index (κ1) is 16.8. The Kier molecular flexibility index (Phi) is 5.18. The molecule has 0 amide bonds. The van der Waals surface area contributed by atoms with Crippen molar-refractivity contribution >= 4 is 23.5 Å². The first-order valence-electron chi connectivity index (χ1n) is 6.59. The molecule has 2 rings (SSSR count). The van der Waals surface area contributed by atoms with Crippen molar-refractivity contribution < 1.29 is 24.2 Å². The highest BCUT2D eigenvalue weighted by molar-refractivity contribution is 6.29. The summed E-state index contributed by atoms with van der Waals surface area (Å²) in [5.41, 5.74) is 1.81.